The molecule has 4 heteroatoms. The number of carbonyl (C=O) groups is 1. The monoisotopic (exact) mass is 158 g/mol. The second-order valence-corrected chi connectivity index (χ2v) is 3.32. The standard InChI is InChI=1S/C7H14N2O2/c1-8-4-6(3-7(10)11)9(2)5-8/h6H,3-5H2,1-2H3,(H,10,11). The van der Waals surface area contributed by atoms with Crippen LogP contribution in [0.5, 0.6) is 0 Å². The number of nitrogens with zero attached hydrogens (tertiary/aromatic N) is 1. The SMILES string of the molecule is CN1CC(CC(=O)[O-])[NH+](C)C1. The number of carboxylic acid groups (broad SMARTS) is 1. The van der Waals surface area contributed by atoms with Crippen molar-refractivity contribution in [2.45, 2.75) is 12.5 Å². The van der Waals surface area contributed by atoms with Crippen molar-refractivity contribution in [3.63, 3.8) is 0 Å². The second kappa shape index (κ2) is 3.19. The number of hydrogen-bond donors (Lipinski definition) is 1. The number of hydrogen-bond acceptors (Lipinski definition) is 3. The highest BCUT2D eigenvalue weighted by Crippen LogP contribution is 1.94. The summed E-state index contributed by atoms with van der Waals surface area (Å²) in [6.45, 7) is 1.79. The molecule has 0 aromatic carbocycles. The molecule has 0 bridgehead atoms. The molecule has 2 atom stereocenters. The molecule has 11 heavy (non-hydrogen) atoms. The number of likely N-dealkylation sites (N-methyl/N-ethyl adjacent to an activating group) is 2. The quantitative estimate of drug-likeness (QED) is 0.463. The van der Waals surface area contributed by atoms with Crippen LogP contribution in [0.25, 0.3) is 0 Å². The Labute approximate surface area is 66.4 Å². The van der Waals surface area contributed by atoms with Gasteiger partial charge in [0.25, 0.3) is 0 Å². The van der Waals surface area contributed by atoms with Crippen LogP contribution >= 0.6 is 0 Å². The largest absolute Gasteiger partial charge is 0.550 e. The third-order valence-corrected chi connectivity index (χ3v) is 2.16. The minimum absolute atomic E-state index is 0.177. The Morgan fingerprint density at radius 2 is 2.45 bits per heavy atom. The molecule has 0 aromatic rings. The molecule has 0 amide bonds. The van der Waals surface area contributed by atoms with Crippen molar-refractivity contribution in [3.05, 3.63) is 0 Å². The maximum absolute atomic E-state index is 10.3. The average molecular weight is 158 g/mol. The Kier molecular flexibility index (Phi) is 2.46. The van der Waals surface area contributed by atoms with E-state index in [-0.39, 0.29) is 12.5 Å². The number of aliphatic carboxylic acids is 1. The van der Waals surface area contributed by atoms with Crippen LogP contribution in [-0.4, -0.2) is 44.2 Å². The van der Waals surface area contributed by atoms with Gasteiger partial charge in [-0.2, -0.15) is 0 Å². The number of carbonyl (C=O) groups excluding carboxylic acids is 1. The highest BCUT2D eigenvalue weighted by molar-refractivity contribution is 5.64. The number of carboxylic acids is 1. The van der Waals surface area contributed by atoms with Crippen LogP contribution < -0.4 is 10.0 Å². The van der Waals surface area contributed by atoms with Gasteiger partial charge in [0.05, 0.1) is 13.6 Å². The molecule has 1 heterocycles. The summed E-state index contributed by atoms with van der Waals surface area (Å²) < 4.78 is 0. The molecule has 1 N–H and O–H groups in total. The summed E-state index contributed by atoms with van der Waals surface area (Å²) >= 11 is 0. The van der Waals surface area contributed by atoms with E-state index in [1.807, 2.05) is 14.1 Å². The predicted molar refractivity (Wildman–Crippen MR) is 37.8 cm³/mol. The number of nitrogens with one attached hydrogen (secondary N) is 1. The Morgan fingerprint density at radius 3 is 2.82 bits per heavy atom. The van der Waals surface area contributed by atoms with Crippen LogP contribution in [-0.2, 0) is 4.79 Å². The third-order valence-electron chi connectivity index (χ3n) is 2.16. The van der Waals surface area contributed by atoms with Gasteiger partial charge in [0.15, 0.2) is 0 Å². The lowest BCUT2D eigenvalue weighted by atomic mass is 10.2. The zero-order chi connectivity index (χ0) is 8.43. The van der Waals surface area contributed by atoms with E-state index in [1.165, 1.54) is 4.90 Å². The molecule has 0 aromatic heterocycles. The van der Waals surface area contributed by atoms with Crippen molar-refractivity contribution in [3.8, 4) is 0 Å². The lowest BCUT2D eigenvalue weighted by Crippen LogP contribution is -3.11. The van der Waals surface area contributed by atoms with E-state index in [0.29, 0.717) is 0 Å². The highest BCUT2D eigenvalue weighted by Gasteiger charge is 2.28. The summed E-state index contributed by atoms with van der Waals surface area (Å²) in [4.78, 5) is 13.7. The van der Waals surface area contributed by atoms with Crippen molar-refractivity contribution >= 4 is 5.97 Å². The lowest BCUT2D eigenvalue weighted by Gasteiger charge is -2.14. The summed E-state index contributed by atoms with van der Waals surface area (Å²) in [5.74, 6) is -0.940. The normalized spacial score (nSPS) is 32.5. The Bertz CT molecular complexity index is 161. The fourth-order valence-electron chi connectivity index (χ4n) is 1.59. The molecular weight excluding hydrogens is 144 g/mol. The van der Waals surface area contributed by atoms with Crippen molar-refractivity contribution in [2.75, 3.05) is 27.3 Å². The van der Waals surface area contributed by atoms with Gasteiger partial charge in [-0.3, -0.25) is 4.90 Å². The first-order valence-corrected chi connectivity index (χ1v) is 3.80. The molecule has 0 spiro atoms. The van der Waals surface area contributed by atoms with E-state index < -0.39 is 5.97 Å². The van der Waals surface area contributed by atoms with Crippen LogP contribution in [0.4, 0.5) is 0 Å². The van der Waals surface area contributed by atoms with Crippen molar-refractivity contribution in [2.24, 2.45) is 0 Å². The summed E-state index contributed by atoms with van der Waals surface area (Å²) in [7, 11) is 4.01. The van der Waals surface area contributed by atoms with Crippen molar-refractivity contribution < 1.29 is 14.8 Å². The molecule has 1 aliphatic rings. The van der Waals surface area contributed by atoms with E-state index in [1.54, 1.807) is 0 Å². The molecule has 2 unspecified atom stereocenters. The van der Waals surface area contributed by atoms with Crippen LogP contribution in [0.3, 0.4) is 0 Å². The number of quaternary nitrogens is 1. The Hall–Kier alpha value is -0.610. The minimum atomic E-state index is -0.940. The fraction of sp³-hybridized carbons (Fsp3) is 0.857. The molecule has 1 rings (SSSR count). The summed E-state index contributed by atoms with van der Waals surface area (Å²) in [6, 6.07) is 0.213. The molecule has 0 radical (unpaired) electrons. The number of rotatable bonds is 2. The zero-order valence-electron chi connectivity index (χ0n) is 6.96. The van der Waals surface area contributed by atoms with E-state index in [0.717, 1.165) is 13.2 Å². The first kappa shape index (κ1) is 8.49. The Morgan fingerprint density at radius 1 is 1.82 bits per heavy atom. The smallest absolute Gasteiger partial charge is 0.133 e. The zero-order valence-corrected chi connectivity index (χ0v) is 6.96. The fourth-order valence-corrected chi connectivity index (χ4v) is 1.59. The maximum atomic E-state index is 10.3. The molecule has 0 saturated carbocycles. The third kappa shape index (κ3) is 2.17. The van der Waals surface area contributed by atoms with Crippen LogP contribution in [0, 0.1) is 0 Å². The van der Waals surface area contributed by atoms with Gasteiger partial charge in [0.2, 0.25) is 0 Å². The first-order chi connectivity index (χ1) is 5.09. The van der Waals surface area contributed by atoms with Gasteiger partial charge in [-0.1, -0.05) is 0 Å². The molecule has 1 fully saturated rings. The van der Waals surface area contributed by atoms with Gasteiger partial charge in [-0.05, 0) is 7.05 Å². The van der Waals surface area contributed by atoms with E-state index >= 15 is 0 Å². The summed E-state index contributed by atoms with van der Waals surface area (Å²) in [6.07, 6.45) is 0.177. The van der Waals surface area contributed by atoms with Crippen molar-refractivity contribution in [1.82, 2.24) is 4.90 Å². The summed E-state index contributed by atoms with van der Waals surface area (Å²) in [5.41, 5.74) is 0. The van der Waals surface area contributed by atoms with E-state index in [4.69, 9.17) is 0 Å². The van der Waals surface area contributed by atoms with Gasteiger partial charge < -0.3 is 14.8 Å². The molecular formula is C7H14N2O2. The maximum Gasteiger partial charge on any atom is 0.133 e. The second-order valence-electron chi connectivity index (χ2n) is 3.32. The molecule has 0 aliphatic carbocycles. The highest BCUT2D eigenvalue weighted by atomic mass is 16.4. The molecule has 4 nitrogen and oxygen atoms in total. The van der Waals surface area contributed by atoms with Gasteiger partial charge in [0, 0.05) is 12.4 Å². The minimum Gasteiger partial charge on any atom is -0.550 e. The van der Waals surface area contributed by atoms with Gasteiger partial charge in [0.1, 0.15) is 12.7 Å². The topological polar surface area (TPSA) is 47.8 Å². The molecule has 1 aliphatic heterocycles. The van der Waals surface area contributed by atoms with Gasteiger partial charge in [-0.25, -0.2) is 0 Å². The van der Waals surface area contributed by atoms with Crippen molar-refractivity contribution in [1.29, 1.82) is 0 Å². The predicted octanol–water partition coefficient (Wildman–Crippen LogP) is -3.09. The molecule has 64 valence electrons. The Balaban J connectivity index is 2.40. The van der Waals surface area contributed by atoms with E-state index in [2.05, 4.69) is 4.90 Å². The van der Waals surface area contributed by atoms with Crippen LogP contribution in [0.15, 0.2) is 0 Å². The lowest BCUT2D eigenvalue weighted by molar-refractivity contribution is -0.895. The van der Waals surface area contributed by atoms with Crippen LogP contribution in [0.2, 0.25) is 0 Å². The van der Waals surface area contributed by atoms with Gasteiger partial charge in [-0.15, -0.1) is 0 Å². The first-order valence-electron chi connectivity index (χ1n) is 3.80. The van der Waals surface area contributed by atoms with Crippen LogP contribution in [0.1, 0.15) is 6.42 Å². The summed E-state index contributed by atoms with van der Waals surface area (Å²) in [5, 5.41) is 10.3. The van der Waals surface area contributed by atoms with Gasteiger partial charge >= 0.3 is 0 Å². The van der Waals surface area contributed by atoms with E-state index in [9.17, 15) is 9.90 Å². The molecule has 1 saturated heterocycles. The average Bonchev–Trinajstić information content (AvgIpc) is 2.09.